The van der Waals surface area contributed by atoms with Crippen LogP contribution in [0.2, 0.25) is 0 Å². The topological polar surface area (TPSA) is 142 Å². The van der Waals surface area contributed by atoms with Crippen LogP contribution in [0.25, 0.3) is 22.6 Å². The monoisotopic (exact) mass is 487 g/mol. The van der Waals surface area contributed by atoms with E-state index in [0.717, 1.165) is 28.3 Å². The van der Waals surface area contributed by atoms with Gasteiger partial charge in [-0.05, 0) is 43.2 Å². The second-order valence-electron chi connectivity index (χ2n) is 9.25. The first-order valence-electron chi connectivity index (χ1n) is 11.5. The predicted octanol–water partition coefficient (Wildman–Crippen LogP) is 3.89. The standard InChI is InChI=1S/C26H29N7O3/c1-16-7-5-9-18(24(16)36-4)19-13-20(30-25(27)29-19)21-15-33(32-31-21)14-17-8-6-10-22(28-17)26(2,3)12-11-23(34)35/h5-10,13,15H,11-12,14H2,1-4H3,(H,34,35)(H2,27,29,30). The van der Waals surface area contributed by atoms with Crippen molar-refractivity contribution in [3.05, 3.63) is 65.6 Å². The number of aryl methyl sites for hydroxylation is 1. The highest BCUT2D eigenvalue weighted by atomic mass is 16.5. The Morgan fingerprint density at radius 2 is 1.83 bits per heavy atom. The van der Waals surface area contributed by atoms with Gasteiger partial charge < -0.3 is 15.6 Å². The van der Waals surface area contributed by atoms with Crippen molar-refractivity contribution in [2.45, 2.75) is 45.6 Å². The number of para-hydroxylation sites is 1. The van der Waals surface area contributed by atoms with Crippen LogP contribution in [-0.4, -0.2) is 48.1 Å². The van der Waals surface area contributed by atoms with E-state index in [4.69, 9.17) is 20.6 Å². The lowest BCUT2D eigenvalue weighted by molar-refractivity contribution is -0.137. The SMILES string of the molecule is COc1c(C)cccc1-c1cc(-c2cn(Cc3cccc(C(C)(C)CCC(=O)O)n3)nn2)nc(N)n1. The molecule has 3 heterocycles. The summed E-state index contributed by atoms with van der Waals surface area (Å²) in [6.45, 7) is 6.36. The number of nitrogens with two attached hydrogens (primary N) is 1. The number of aliphatic carboxylic acids is 1. The summed E-state index contributed by atoms with van der Waals surface area (Å²) in [5.74, 6) is 0.0322. The van der Waals surface area contributed by atoms with Gasteiger partial charge in [-0.3, -0.25) is 9.78 Å². The number of rotatable bonds is 9. The van der Waals surface area contributed by atoms with Gasteiger partial charge in [0.15, 0.2) is 0 Å². The number of nitrogen functional groups attached to an aromatic ring is 1. The smallest absolute Gasteiger partial charge is 0.303 e. The summed E-state index contributed by atoms with van der Waals surface area (Å²) in [7, 11) is 1.62. The van der Waals surface area contributed by atoms with Crippen LogP contribution in [0.5, 0.6) is 5.75 Å². The van der Waals surface area contributed by atoms with Gasteiger partial charge in [0.25, 0.3) is 0 Å². The number of hydrogen-bond donors (Lipinski definition) is 2. The van der Waals surface area contributed by atoms with E-state index in [9.17, 15) is 4.79 Å². The molecule has 0 radical (unpaired) electrons. The summed E-state index contributed by atoms with van der Waals surface area (Å²) >= 11 is 0. The number of aromatic nitrogens is 6. The van der Waals surface area contributed by atoms with Crippen LogP contribution in [0, 0.1) is 6.92 Å². The maximum atomic E-state index is 11.0. The Balaban J connectivity index is 1.59. The quantitative estimate of drug-likeness (QED) is 0.359. The van der Waals surface area contributed by atoms with Gasteiger partial charge in [0, 0.05) is 23.1 Å². The molecule has 0 aliphatic rings. The molecule has 0 bridgehead atoms. The number of pyridine rings is 1. The van der Waals surface area contributed by atoms with Crippen molar-refractivity contribution in [1.29, 1.82) is 0 Å². The molecule has 0 saturated carbocycles. The summed E-state index contributed by atoms with van der Waals surface area (Å²) in [5, 5.41) is 17.6. The normalized spacial score (nSPS) is 11.4. The molecule has 0 fully saturated rings. The molecule has 36 heavy (non-hydrogen) atoms. The number of carboxylic acid groups (broad SMARTS) is 1. The summed E-state index contributed by atoms with van der Waals surface area (Å²) in [4.78, 5) is 24.5. The Labute approximate surface area is 209 Å². The fourth-order valence-corrected chi connectivity index (χ4v) is 4.01. The molecule has 186 valence electrons. The number of ether oxygens (including phenoxy) is 1. The Morgan fingerprint density at radius 1 is 1.08 bits per heavy atom. The first-order valence-corrected chi connectivity index (χ1v) is 11.5. The summed E-state index contributed by atoms with van der Waals surface area (Å²) < 4.78 is 7.26. The Bertz CT molecular complexity index is 1400. The van der Waals surface area contributed by atoms with Crippen LogP contribution in [0.3, 0.4) is 0 Å². The Morgan fingerprint density at radius 3 is 2.58 bits per heavy atom. The van der Waals surface area contributed by atoms with Crippen LogP contribution in [-0.2, 0) is 16.8 Å². The first kappa shape index (κ1) is 24.8. The van der Waals surface area contributed by atoms with Gasteiger partial charge in [-0.2, -0.15) is 0 Å². The van der Waals surface area contributed by atoms with Crippen molar-refractivity contribution in [2.24, 2.45) is 0 Å². The third kappa shape index (κ3) is 5.48. The molecule has 0 amide bonds. The van der Waals surface area contributed by atoms with E-state index in [2.05, 4.69) is 20.3 Å². The highest BCUT2D eigenvalue weighted by Gasteiger charge is 2.23. The molecule has 1 aromatic carbocycles. The van der Waals surface area contributed by atoms with Crippen molar-refractivity contribution < 1.29 is 14.6 Å². The third-order valence-corrected chi connectivity index (χ3v) is 6.02. The highest BCUT2D eigenvalue weighted by Crippen LogP contribution is 2.33. The van der Waals surface area contributed by atoms with Crippen molar-refractivity contribution in [3.63, 3.8) is 0 Å². The maximum absolute atomic E-state index is 11.0. The molecule has 4 aromatic rings. The Kier molecular flexibility index (Phi) is 6.96. The number of nitrogens with zero attached hydrogens (tertiary/aromatic N) is 6. The minimum Gasteiger partial charge on any atom is -0.496 e. The zero-order valence-electron chi connectivity index (χ0n) is 20.8. The zero-order valence-corrected chi connectivity index (χ0v) is 20.8. The molecule has 0 saturated heterocycles. The number of methoxy groups -OCH3 is 1. The van der Waals surface area contributed by atoms with Gasteiger partial charge >= 0.3 is 5.97 Å². The number of benzene rings is 1. The lowest BCUT2D eigenvalue weighted by atomic mass is 9.84. The Hall–Kier alpha value is -4.34. The summed E-state index contributed by atoms with van der Waals surface area (Å²) in [5.41, 5.74) is 10.8. The van der Waals surface area contributed by atoms with Gasteiger partial charge in [0.05, 0.1) is 36.9 Å². The molecule has 3 N–H and O–H groups in total. The number of anilines is 1. The van der Waals surface area contributed by atoms with E-state index in [-0.39, 0.29) is 17.8 Å². The average Bonchev–Trinajstić information content (AvgIpc) is 3.31. The van der Waals surface area contributed by atoms with Crippen molar-refractivity contribution in [3.8, 4) is 28.4 Å². The lowest BCUT2D eigenvalue weighted by Crippen LogP contribution is -2.21. The molecule has 0 unspecified atom stereocenters. The molecule has 0 aliphatic carbocycles. The van der Waals surface area contributed by atoms with E-state index >= 15 is 0 Å². The van der Waals surface area contributed by atoms with E-state index in [0.29, 0.717) is 30.0 Å². The highest BCUT2D eigenvalue weighted by molar-refractivity contribution is 5.73. The van der Waals surface area contributed by atoms with Crippen LogP contribution in [0.1, 0.15) is 43.6 Å². The van der Waals surface area contributed by atoms with Gasteiger partial charge in [-0.15, -0.1) is 5.10 Å². The van der Waals surface area contributed by atoms with Crippen LogP contribution in [0.4, 0.5) is 5.95 Å². The number of carbonyl (C=O) groups is 1. The molecule has 0 atom stereocenters. The fourth-order valence-electron chi connectivity index (χ4n) is 4.01. The molecule has 4 rings (SSSR count). The molecule has 10 heteroatoms. The molecule has 0 aliphatic heterocycles. The van der Waals surface area contributed by atoms with Gasteiger partial charge in [0.1, 0.15) is 11.4 Å². The minimum atomic E-state index is -0.816. The summed E-state index contributed by atoms with van der Waals surface area (Å²) in [6.07, 6.45) is 2.36. The second kappa shape index (κ2) is 10.1. The molecule has 10 nitrogen and oxygen atoms in total. The van der Waals surface area contributed by atoms with Crippen molar-refractivity contribution in [1.82, 2.24) is 29.9 Å². The molecule has 3 aromatic heterocycles. The number of carboxylic acids is 1. The average molecular weight is 488 g/mol. The van der Waals surface area contributed by atoms with Crippen LogP contribution in [0.15, 0.2) is 48.7 Å². The van der Waals surface area contributed by atoms with E-state index in [1.165, 1.54) is 0 Å². The molecular formula is C26H29N7O3. The van der Waals surface area contributed by atoms with E-state index in [1.807, 2.05) is 63.2 Å². The van der Waals surface area contributed by atoms with Crippen LogP contribution < -0.4 is 10.5 Å². The molecule has 0 spiro atoms. The van der Waals surface area contributed by atoms with Gasteiger partial charge in [-0.1, -0.05) is 37.3 Å². The van der Waals surface area contributed by atoms with E-state index < -0.39 is 5.97 Å². The molecular weight excluding hydrogens is 458 g/mol. The first-order chi connectivity index (χ1) is 17.2. The summed E-state index contributed by atoms with van der Waals surface area (Å²) in [6, 6.07) is 13.4. The third-order valence-electron chi connectivity index (χ3n) is 6.02. The fraction of sp³-hybridized carbons (Fsp3) is 0.308. The number of hydrogen-bond acceptors (Lipinski definition) is 8. The maximum Gasteiger partial charge on any atom is 0.303 e. The second-order valence-corrected chi connectivity index (χ2v) is 9.25. The largest absolute Gasteiger partial charge is 0.496 e. The minimum absolute atomic E-state index is 0.0871. The lowest BCUT2D eigenvalue weighted by Gasteiger charge is -2.23. The van der Waals surface area contributed by atoms with Crippen LogP contribution >= 0.6 is 0 Å². The predicted molar refractivity (Wildman–Crippen MR) is 135 cm³/mol. The van der Waals surface area contributed by atoms with Gasteiger partial charge in [0.2, 0.25) is 5.95 Å². The van der Waals surface area contributed by atoms with Crippen molar-refractivity contribution >= 4 is 11.9 Å². The van der Waals surface area contributed by atoms with E-state index in [1.54, 1.807) is 18.0 Å². The van der Waals surface area contributed by atoms with Crippen molar-refractivity contribution in [2.75, 3.05) is 12.8 Å². The zero-order chi connectivity index (χ0) is 25.9. The van der Waals surface area contributed by atoms with Gasteiger partial charge in [-0.25, -0.2) is 14.6 Å².